The largest absolute Gasteiger partial charge is 0.365 e. The minimum atomic E-state index is -0.467. The molecule has 0 bridgehead atoms. The van der Waals surface area contributed by atoms with Gasteiger partial charge in [-0.1, -0.05) is 55.1 Å². The third-order valence-electron chi connectivity index (χ3n) is 5.71. The normalized spacial score (nSPS) is 20.1. The van der Waals surface area contributed by atoms with E-state index in [4.69, 9.17) is 0 Å². The van der Waals surface area contributed by atoms with E-state index in [0.29, 0.717) is 12.5 Å². The van der Waals surface area contributed by atoms with Crippen molar-refractivity contribution in [2.75, 3.05) is 5.32 Å². The van der Waals surface area contributed by atoms with Gasteiger partial charge in [-0.2, -0.15) is 4.68 Å². The molecule has 1 N–H and O–H groups in total. The summed E-state index contributed by atoms with van der Waals surface area (Å²) in [5.41, 5.74) is 3.48. The first kappa shape index (κ1) is 17.6. The zero-order chi connectivity index (χ0) is 19.8. The van der Waals surface area contributed by atoms with E-state index in [0.717, 1.165) is 41.2 Å². The number of benzene rings is 1. The Morgan fingerprint density at radius 1 is 1.17 bits per heavy atom. The fraction of sp³-hybridized carbons (Fsp3) is 0.208. The molecule has 0 saturated heterocycles. The Balaban J connectivity index is 1.69. The highest BCUT2D eigenvalue weighted by molar-refractivity contribution is 5.91. The van der Waals surface area contributed by atoms with Gasteiger partial charge < -0.3 is 5.32 Å². The third-order valence-corrected chi connectivity index (χ3v) is 5.71. The quantitative estimate of drug-likeness (QED) is 0.671. The fourth-order valence-electron chi connectivity index (χ4n) is 4.04. The maximum atomic E-state index is 12.6. The molecule has 1 atom stereocenters. The first-order chi connectivity index (χ1) is 14.2. The number of hydrogen-bond acceptors (Lipinski definition) is 4. The molecular formula is C24H22N4O. The first-order valence-corrected chi connectivity index (χ1v) is 9.93. The number of carbonyl (C=O) groups is 1. The van der Waals surface area contributed by atoms with Crippen molar-refractivity contribution in [3.8, 4) is 0 Å². The second kappa shape index (κ2) is 6.85. The predicted molar refractivity (Wildman–Crippen MR) is 114 cm³/mol. The molecular weight excluding hydrogens is 360 g/mol. The molecule has 2 aliphatic carbocycles. The highest BCUT2D eigenvalue weighted by Crippen LogP contribution is 2.43. The zero-order valence-corrected chi connectivity index (χ0v) is 16.1. The average molecular weight is 382 g/mol. The second-order valence-electron chi connectivity index (χ2n) is 7.64. The number of carbonyl (C=O) groups excluding carboxylic acids is 1. The van der Waals surface area contributed by atoms with E-state index in [-0.39, 0.29) is 5.91 Å². The Labute approximate surface area is 169 Å². The van der Waals surface area contributed by atoms with Crippen molar-refractivity contribution in [3.05, 3.63) is 96.0 Å². The molecule has 1 unspecified atom stereocenters. The molecule has 5 rings (SSSR count). The fourth-order valence-corrected chi connectivity index (χ4v) is 4.04. The lowest BCUT2D eigenvalue weighted by atomic mass is 9.70. The molecule has 2 heterocycles. The molecule has 29 heavy (non-hydrogen) atoms. The first-order valence-electron chi connectivity index (χ1n) is 9.93. The van der Waals surface area contributed by atoms with E-state index in [9.17, 15) is 4.79 Å². The van der Waals surface area contributed by atoms with Crippen LogP contribution in [0.3, 0.4) is 0 Å². The topological polar surface area (TPSA) is 59.8 Å². The number of pyridine rings is 1. The number of allylic oxidation sites excluding steroid dienone is 2. The highest BCUT2D eigenvalue weighted by atomic mass is 16.2. The number of fused-ring (bicyclic) bond motifs is 1. The number of aromatic nitrogens is 3. The van der Waals surface area contributed by atoms with E-state index in [1.165, 1.54) is 10.8 Å². The summed E-state index contributed by atoms with van der Waals surface area (Å²) in [5, 5.41) is 8.07. The average Bonchev–Trinajstić information content (AvgIpc) is 3.54. The van der Waals surface area contributed by atoms with Crippen LogP contribution >= 0.6 is 0 Å². The lowest BCUT2D eigenvalue weighted by Gasteiger charge is -2.33. The number of rotatable bonds is 5. The molecule has 0 aliphatic heterocycles. The Bertz CT molecular complexity index is 1060. The molecule has 3 aromatic rings. The Kier molecular flexibility index (Phi) is 4.16. The highest BCUT2D eigenvalue weighted by Gasteiger charge is 2.39. The molecule has 5 heteroatoms. The van der Waals surface area contributed by atoms with Gasteiger partial charge in [-0.25, -0.2) is 0 Å². The van der Waals surface area contributed by atoms with Crippen molar-refractivity contribution in [2.45, 2.75) is 30.7 Å². The Morgan fingerprint density at radius 2 is 1.97 bits per heavy atom. The monoisotopic (exact) mass is 382 g/mol. The van der Waals surface area contributed by atoms with Crippen LogP contribution in [0.5, 0.6) is 0 Å². The van der Waals surface area contributed by atoms with Crippen LogP contribution in [-0.2, 0) is 11.8 Å². The van der Waals surface area contributed by atoms with Crippen LogP contribution in [0.15, 0.2) is 73.5 Å². The summed E-state index contributed by atoms with van der Waals surface area (Å²) in [5.74, 6) is 0.556. The van der Waals surface area contributed by atoms with Crippen LogP contribution in [-0.4, -0.2) is 26.7 Å². The summed E-state index contributed by atoms with van der Waals surface area (Å²) < 4.78 is 1.50. The molecule has 2 aromatic heterocycles. The smallest absolute Gasteiger partial charge is 0.270 e. The van der Waals surface area contributed by atoms with Crippen LogP contribution < -0.4 is 5.32 Å². The number of hydrogen-bond donors (Lipinski definition) is 1. The van der Waals surface area contributed by atoms with Gasteiger partial charge in [0.05, 0.1) is 16.8 Å². The maximum Gasteiger partial charge on any atom is 0.270 e. The van der Waals surface area contributed by atoms with Gasteiger partial charge >= 0.3 is 0 Å². The Hall–Kier alpha value is -3.47. The molecule has 0 radical (unpaired) electrons. The standard InChI is InChI=1S/C24H22N4O/c1-2-22(29)28-20-16-24(17-8-4-3-5-9-17,21-10-6-7-15-25-21)14-13-19(20)23(27-28)26-18-11-12-18/h2-10,13-15,18H,1,11-12,16H2,(H,26,27). The molecule has 5 nitrogen and oxygen atoms in total. The minimum Gasteiger partial charge on any atom is -0.365 e. The summed E-state index contributed by atoms with van der Waals surface area (Å²) in [6.07, 6.45) is 10.3. The van der Waals surface area contributed by atoms with Gasteiger partial charge in [0.2, 0.25) is 0 Å². The van der Waals surface area contributed by atoms with Crippen molar-refractivity contribution in [2.24, 2.45) is 0 Å². The van der Waals surface area contributed by atoms with Crippen molar-refractivity contribution in [3.63, 3.8) is 0 Å². The van der Waals surface area contributed by atoms with Gasteiger partial charge in [-0.3, -0.25) is 9.78 Å². The van der Waals surface area contributed by atoms with Crippen LogP contribution in [0.25, 0.3) is 6.08 Å². The zero-order valence-electron chi connectivity index (χ0n) is 16.1. The van der Waals surface area contributed by atoms with Crippen LogP contribution in [0.4, 0.5) is 5.82 Å². The number of nitrogens with zero attached hydrogens (tertiary/aromatic N) is 3. The molecule has 0 spiro atoms. The van der Waals surface area contributed by atoms with Crippen LogP contribution in [0, 0.1) is 0 Å². The van der Waals surface area contributed by atoms with Gasteiger partial charge in [-0.15, -0.1) is 5.10 Å². The van der Waals surface area contributed by atoms with Gasteiger partial charge in [0.15, 0.2) is 5.82 Å². The maximum absolute atomic E-state index is 12.6. The SMILES string of the molecule is C=CC(=O)n1nc(NC2CC2)c2c1CC(c1ccccc1)(c1ccccn1)C=C2. The molecule has 0 amide bonds. The summed E-state index contributed by atoms with van der Waals surface area (Å²) in [7, 11) is 0. The number of nitrogens with one attached hydrogen (secondary N) is 1. The summed E-state index contributed by atoms with van der Waals surface area (Å²) >= 11 is 0. The number of anilines is 1. The van der Waals surface area contributed by atoms with E-state index in [2.05, 4.69) is 46.3 Å². The van der Waals surface area contributed by atoms with Crippen LogP contribution in [0.1, 0.15) is 40.2 Å². The molecule has 2 aliphatic rings. The third kappa shape index (κ3) is 2.99. The summed E-state index contributed by atoms with van der Waals surface area (Å²) in [6, 6.07) is 16.7. The minimum absolute atomic E-state index is 0.219. The van der Waals surface area contributed by atoms with E-state index < -0.39 is 5.41 Å². The molecule has 1 saturated carbocycles. The van der Waals surface area contributed by atoms with E-state index in [1.807, 2.05) is 42.6 Å². The molecule has 1 aromatic carbocycles. The van der Waals surface area contributed by atoms with Gasteiger partial charge in [-0.05, 0) is 36.6 Å². The molecule has 1 fully saturated rings. The second-order valence-corrected chi connectivity index (χ2v) is 7.64. The van der Waals surface area contributed by atoms with Crippen LogP contribution in [0.2, 0.25) is 0 Å². The molecule has 144 valence electrons. The van der Waals surface area contributed by atoms with Crippen molar-refractivity contribution < 1.29 is 4.79 Å². The van der Waals surface area contributed by atoms with Gasteiger partial charge in [0.25, 0.3) is 5.91 Å². The van der Waals surface area contributed by atoms with Crippen molar-refractivity contribution in [1.29, 1.82) is 0 Å². The summed E-state index contributed by atoms with van der Waals surface area (Å²) in [4.78, 5) is 17.3. The van der Waals surface area contributed by atoms with Crippen molar-refractivity contribution >= 4 is 17.8 Å². The van der Waals surface area contributed by atoms with Crippen molar-refractivity contribution in [1.82, 2.24) is 14.8 Å². The van der Waals surface area contributed by atoms with Gasteiger partial charge in [0.1, 0.15) is 0 Å². The Morgan fingerprint density at radius 3 is 2.66 bits per heavy atom. The summed E-state index contributed by atoms with van der Waals surface area (Å²) in [6.45, 7) is 3.66. The van der Waals surface area contributed by atoms with Gasteiger partial charge in [0, 0.05) is 24.2 Å². The lowest BCUT2D eigenvalue weighted by molar-refractivity contribution is 0.0950. The predicted octanol–water partition coefficient (Wildman–Crippen LogP) is 4.23. The van der Waals surface area contributed by atoms with E-state index >= 15 is 0 Å². The van der Waals surface area contributed by atoms with E-state index in [1.54, 1.807) is 0 Å². The lowest BCUT2D eigenvalue weighted by Crippen LogP contribution is -2.33.